The summed E-state index contributed by atoms with van der Waals surface area (Å²) in [7, 11) is 0. The zero-order valence-electron chi connectivity index (χ0n) is 10.5. The average molecular weight is 331 g/mol. The average Bonchev–Trinajstić information content (AvgIpc) is 2.75. The molecule has 0 aromatic carbocycles. The molecule has 2 rings (SSSR count). The van der Waals surface area contributed by atoms with E-state index < -0.39 is 0 Å². The zero-order chi connectivity index (χ0) is 13.0. The van der Waals surface area contributed by atoms with Gasteiger partial charge in [-0.15, -0.1) is 11.3 Å². The minimum absolute atomic E-state index is 0.191. The Morgan fingerprint density at radius 1 is 1.61 bits per heavy atom. The minimum Gasteiger partial charge on any atom is -0.355 e. The fraction of sp³-hybridized carbons (Fsp3) is 0.615. The van der Waals surface area contributed by atoms with Crippen molar-refractivity contribution in [2.45, 2.75) is 32.2 Å². The van der Waals surface area contributed by atoms with Gasteiger partial charge in [0.15, 0.2) is 0 Å². The van der Waals surface area contributed by atoms with Gasteiger partial charge in [0.2, 0.25) is 5.91 Å². The molecule has 1 saturated heterocycles. The summed E-state index contributed by atoms with van der Waals surface area (Å²) in [5, 5.41) is 6.42. The molecule has 0 saturated carbocycles. The Morgan fingerprint density at radius 3 is 3.11 bits per heavy atom. The van der Waals surface area contributed by atoms with E-state index in [1.54, 1.807) is 11.3 Å². The second kappa shape index (κ2) is 6.68. The number of amides is 1. The van der Waals surface area contributed by atoms with Crippen LogP contribution in [0.2, 0.25) is 0 Å². The van der Waals surface area contributed by atoms with E-state index in [9.17, 15) is 4.79 Å². The van der Waals surface area contributed by atoms with Crippen LogP contribution in [0.25, 0.3) is 0 Å². The Balaban J connectivity index is 1.71. The number of hydrogen-bond acceptors (Lipinski definition) is 3. The third-order valence-corrected chi connectivity index (χ3v) is 4.98. The Hall–Kier alpha value is -0.390. The highest BCUT2D eigenvalue weighted by Crippen LogP contribution is 2.22. The highest BCUT2D eigenvalue weighted by atomic mass is 79.9. The third-order valence-electron chi connectivity index (χ3n) is 3.29. The number of hydrogen-bond donors (Lipinski definition) is 2. The summed E-state index contributed by atoms with van der Waals surface area (Å²) in [6, 6.07) is 4.62. The van der Waals surface area contributed by atoms with Gasteiger partial charge in [0, 0.05) is 23.4 Å². The summed E-state index contributed by atoms with van der Waals surface area (Å²) in [4.78, 5) is 13.3. The van der Waals surface area contributed by atoms with Gasteiger partial charge in [-0.3, -0.25) is 4.79 Å². The highest BCUT2D eigenvalue weighted by Gasteiger charge is 2.24. The first-order chi connectivity index (χ1) is 8.65. The van der Waals surface area contributed by atoms with Crippen molar-refractivity contribution in [1.82, 2.24) is 10.6 Å². The molecular weight excluding hydrogens is 312 g/mol. The molecule has 3 nitrogen and oxygen atoms in total. The topological polar surface area (TPSA) is 41.1 Å². The minimum atomic E-state index is 0.191. The van der Waals surface area contributed by atoms with Gasteiger partial charge in [-0.25, -0.2) is 0 Å². The maximum Gasteiger partial charge on any atom is 0.223 e. The lowest BCUT2D eigenvalue weighted by molar-refractivity contribution is -0.126. The number of thiophene rings is 1. The molecule has 0 unspecified atom stereocenters. The molecule has 0 aliphatic carbocycles. The second-order valence-corrected chi connectivity index (χ2v) is 7.37. The van der Waals surface area contributed by atoms with Gasteiger partial charge in [0.25, 0.3) is 0 Å². The molecule has 1 aliphatic rings. The molecule has 100 valence electrons. The van der Waals surface area contributed by atoms with Crippen LogP contribution in [-0.2, 0) is 11.2 Å². The molecule has 2 heterocycles. The van der Waals surface area contributed by atoms with Gasteiger partial charge in [-0.2, -0.15) is 0 Å². The number of carbonyl (C=O) groups is 1. The van der Waals surface area contributed by atoms with E-state index in [0.717, 1.165) is 36.1 Å². The zero-order valence-corrected chi connectivity index (χ0v) is 12.9. The SMILES string of the molecule is C[C@H]1C[C@@H](C(=O)NCCc2ccc(Br)s2)CCN1. The molecule has 18 heavy (non-hydrogen) atoms. The van der Waals surface area contributed by atoms with Gasteiger partial charge in [0.1, 0.15) is 0 Å². The molecule has 1 fully saturated rings. The van der Waals surface area contributed by atoms with Gasteiger partial charge >= 0.3 is 0 Å². The summed E-state index contributed by atoms with van der Waals surface area (Å²) < 4.78 is 1.15. The Morgan fingerprint density at radius 2 is 2.44 bits per heavy atom. The van der Waals surface area contributed by atoms with Gasteiger partial charge in [0.05, 0.1) is 3.79 Å². The standard InChI is InChI=1S/C13H19BrN2OS/c1-9-8-10(4-6-15-9)13(17)16-7-5-11-2-3-12(14)18-11/h2-3,9-10,15H,4-8H2,1H3,(H,16,17)/t9-,10-/m0/s1. The van der Waals surface area contributed by atoms with Crippen LogP contribution >= 0.6 is 27.3 Å². The van der Waals surface area contributed by atoms with E-state index in [4.69, 9.17) is 0 Å². The van der Waals surface area contributed by atoms with Crippen LogP contribution in [0.5, 0.6) is 0 Å². The maximum absolute atomic E-state index is 12.0. The van der Waals surface area contributed by atoms with Gasteiger partial charge in [-0.1, -0.05) is 0 Å². The summed E-state index contributed by atoms with van der Waals surface area (Å²) in [6.45, 7) is 3.84. The normalized spacial score (nSPS) is 23.9. The van der Waals surface area contributed by atoms with E-state index in [1.807, 2.05) is 0 Å². The Bertz CT molecular complexity index is 407. The van der Waals surface area contributed by atoms with Crippen LogP contribution in [0.3, 0.4) is 0 Å². The summed E-state index contributed by atoms with van der Waals surface area (Å²) >= 11 is 5.18. The molecule has 0 spiro atoms. The predicted octanol–water partition coefficient (Wildman–Crippen LogP) is 2.56. The summed E-state index contributed by atoms with van der Waals surface area (Å²) in [5.74, 6) is 0.412. The quantitative estimate of drug-likeness (QED) is 0.890. The van der Waals surface area contributed by atoms with E-state index in [0.29, 0.717) is 6.04 Å². The fourth-order valence-corrected chi connectivity index (χ4v) is 3.79. The molecule has 0 radical (unpaired) electrons. The first-order valence-corrected chi connectivity index (χ1v) is 8.01. The third kappa shape index (κ3) is 4.07. The van der Waals surface area contributed by atoms with Crippen LogP contribution < -0.4 is 10.6 Å². The van der Waals surface area contributed by atoms with E-state index >= 15 is 0 Å². The predicted molar refractivity (Wildman–Crippen MR) is 78.9 cm³/mol. The second-order valence-electron chi connectivity index (χ2n) is 4.82. The number of nitrogens with one attached hydrogen (secondary N) is 2. The van der Waals surface area contributed by atoms with Gasteiger partial charge < -0.3 is 10.6 Å². The molecule has 1 aliphatic heterocycles. The van der Waals surface area contributed by atoms with Crippen molar-refractivity contribution >= 4 is 33.2 Å². The summed E-state index contributed by atoms with van der Waals surface area (Å²) in [5.41, 5.74) is 0. The number of halogens is 1. The molecule has 2 atom stereocenters. The lowest BCUT2D eigenvalue weighted by Gasteiger charge is -2.27. The van der Waals surface area contributed by atoms with E-state index in [1.165, 1.54) is 4.88 Å². The number of rotatable bonds is 4. The van der Waals surface area contributed by atoms with E-state index in [-0.39, 0.29) is 11.8 Å². The molecule has 0 bridgehead atoms. The first kappa shape index (κ1) is 14.0. The highest BCUT2D eigenvalue weighted by molar-refractivity contribution is 9.11. The van der Waals surface area contributed by atoms with Crippen LogP contribution in [0.4, 0.5) is 0 Å². The number of carbonyl (C=O) groups excluding carboxylic acids is 1. The Kier molecular flexibility index (Phi) is 5.21. The van der Waals surface area contributed by atoms with Crippen molar-refractivity contribution in [3.05, 3.63) is 20.8 Å². The van der Waals surface area contributed by atoms with Crippen molar-refractivity contribution in [3.8, 4) is 0 Å². The summed E-state index contributed by atoms with van der Waals surface area (Å²) in [6.07, 6.45) is 2.83. The molecule has 1 amide bonds. The van der Waals surface area contributed by atoms with Crippen molar-refractivity contribution in [2.75, 3.05) is 13.1 Å². The maximum atomic E-state index is 12.0. The smallest absolute Gasteiger partial charge is 0.223 e. The van der Waals surface area contributed by atoms with Gasteiger partial charge in [-0.05, 0) is 60.8 Å². The molecular formula is C13H19BrN2OS. The van der Waals surface area contributed by atoms with Crippen LogP contribution in [-0.4, -0.2) is 25.0 Å². The fourth-order valence-electron chi connectivity index (χ4n) is 2.31. The Labute approximate surface area is 120 Å². The van der Waals surface area contributed by atoms with Crippen molar-refractivity contribution in [1.29, 1.82) is 0 Å². The molecule has 1 aromatic rings. The number of piperidine rings is 1. The molecule has 5 heteroatoms. The molecule has 1 aromatic heterocycles. The molecule has 2 N–H and O–H groups in total. The lowest BCUT2D eigenvalue weighted by atomic mass is 9.92. The van der Waals surface area contributed by atoms with Crippen LogP contribution in [0.1, 0.15) is 24.6 Å². The van der Waals surface area contributed by atoms with Crippen molar-refractivity contribution in [3.63, 3.8) is 0 Å². The first-order valence-electron chi connectivity index (χ1n) is 6.40. The van der Waals surface area contributed by atoms with Crippen LogP contribution in [0, 0.1) is 5.92 Å². The van der Waals surface area contributed by atoms with E-state index in [2.05, 4.69) is 45.6 Å². The lowest BCUT2D eigenvalue weighted by Crippen LogP contribution is -2.42. The monoisotopic (exact) mass is 330 g/mol. The largest absolute Gasteiger partial charge is 0.355 e. The van der Waals surface area contributed by atoms with Crippen molar-refractivity contribution in [2.24, 2.45) is 5.92 Å². The van der Waals surface area contributed by atoms with Crippen molar-refractivity contribution < 1.29 is 4.79 Å². The van der Waals surface area contributed by atoms with Crippen LogP contribution in [0.15, 0.2) is 15.9 Å².